The smallest absolute Gasteiger partial charge is 0.375 e. The Kier molecular flexibility index (Phi) is 5.64. The minimum Gasteiger partial charge on any atom is -0.375 e. The summed E-state index contributed by atoms with van der Waals surface area (Å²) in [6.07, 6.45) is -1.75. The van der Waals surface area contributed by atoms with Crippen molar-refractivity contribution in [3.8, 4) is 11.5 Å². The molecular formula is C19H15F3N8O2. The van der Waals surface area contributed by atoms with E-state index in [-0.39, 0.29) is 35.7 Å². The lowest BCUT2D eigenvalue weighted by Crippen LogP contribution is -2.17. The fraction of sp³-hybridized carbons (Fsp3) is 0.158. The molecule has 0 bridgehead atoms. The number of hydrogen-bond acceptors (Lipinski definition) is 8. The van der Waals surface area contributed by atoms with Crippen molar-refractivity contribution in [3.63, 3.8) is 0 Å². The zero-order valence-electron chi connectivity index (χ0n) is 16.4. The number of aromatic amines is 1. The Bertz CT molecular complexity index is 1270. The van der Waals surface area contributed by atoms with E-state index in [2.05, 4.69) is 40.5 Å². The van der Waals surface area contributed by atoms with Crippen molar-refractivity contribution in [2.45, 2.75) is 6.18 Å². The molecule has 0 radical (unpaired) electrons. The molecule has 0 aliphatic rings. The van der Waals surface area contributed by atoms with Gasteiger partial charge in [-0.3, -0.25) is 4.79 Å². The molecule has 4 heterocycles. The van der Waals surface area contributed by atoms with Crippen molar-refractivity contribution >= 4 is 34.4 Å². The number of nitrogens with zero attached hydrogens (tertiary/aromatic N) is 5. The van der Waals surface area contributed by atoms with Gasteiger partial charge in [0.2, 0.25) is 0 Å². The van der Waals surface area contributed by atoms with Gasteiger partial charge in [-0.2, -0.15) is 13.2 Å². The number of hydrogen-bond donors (Lipinski definition) is 3. The lowest BCUT2D eigenvalue weighted by Gasteiger charge is -2.10. The van der Waals surface area contributed by atoms with E-state index in [9.17, 15) is 18.0 Å². The molecule has 0 aliphatic heterocycles. The maximum absolute atomic E-state index is 13.1. The van der Waals surface area contributed by atoms with Gasteiger partial charge in [-0.15, -0.1) is 0 Å². The Morgan fingerprint density at radius 1 is 1.16 bits per heavy atom. The fourth-order valence-electron chi connectivity index (χ4n) is 2.78. The van der Waals surface area contributed by atoms with E-state index < -0.39 is 11.9 Å². The van der Waals surface area contributed by atoms with Crippen LogP contribution < -0.4 is 10.6 Å². The second kappa shape index (κ2) is 8.55. The fourth-order valence-corrected chi connectivity index (χ4v) is 2.78. The first-order valence-corrected chi connectivity index (χ1v) is 9.11. The Labute approximate surface area is 178 Å². The SMILES string of the molecule is COCC(=O)Nc1cc(Nc2nc(-c3cccc(C(F)(F)F)n3)nc3[nH]cnc23)ccn1. The summed E-state index contributed by atoms with van der Waals surface area (Å²) in [5.74, 6) is 0.0831. The van der Waals surface area contributed by atoms with E-state index in [0.717, 1.165) is 6.07 Å². The van der Waals surface area contributed by atoms with Crippen molar-refractivity contribution in [2.24, 2.45) is 0 Å². The number of anilines is 3. The number of halogens is 3. The molecule has 4 rings (SSSR count). The van der Waals surface area contributed by atoms with E-state index >= 15 is 0 Å². The largest absolute Gasteiger partial charge is 0.433 e. The predicted molar refractivity (Wildman–Crippen MR) is 108 cm³/mol. The molecule has 13 heteroatoms. The number of nitrogens with one attached hydrogen (secondary N) is 3. The molecule has 0 saturated carbocycles. The van der Waals surface area contributed by atoms with Gasteiger partial charge in [0.25, 0.3) is 5.91 Å². The van der Waals surface area contributed by atoms with Crippen molar-refractivity contribution < 1.29 is 22.7 Å². The van der Waals surface area contributed by atoms with Crippen LogP contribution in [-0.4, -0.2) is 49.5 Å². The zero-order valence-corrected chi connectivity index (χ0v) is 16.4. The highest BCUT2D eigenvalue weighted by Gasteiger charge is 2.32. The maximum Gasteiger partial charge on any atom is 0.433 e. The van der Waals surface area contributed by atoms with Gasteiger partial charge in [-0.05, 0) is 18.2 Å². The Hall–Kier alpha value is -4.13. The summed E-state index contributed by atoms with van der Waals surface area (Å²) in [5, 5.41) is 5.60. The number of carbonyl (C=O) groups is 1. The van der Waals surface area contributed by atoms with Crippen LogP contribution in [-0.2, 0) is 15.7 Å². The van der Waals surface area contributed by atoms with Crippen LogP contribution in [0.2, 0.25) is 0 Å². The van der Waals surface area contributed by atoms with Crippen molar-refractivity contribution in [2.75, 3.05) is 24.4 Å². The molecular weight excluding hydrogens is 429 g/mol. The second-order valence-electron chi connectivity index (χ2n) is 6.44. The summed E-state index contributed by atoms with van der Waals surface area (Å²) in [6.45, 7) is -0.132. The molecule has 0 aliphatic carbocycles. The molecule has 0 aromatic carbocycles. The lowest BCUT2D eigenvalue weighted by atomic mass is 10.2. The van der Waals surface area contributed by atoms with Gasteiger partial charge in [0.05, 0.1) is 6.33 Å². The minimum atomic E-state index is -4.60. The number of ether oxygens (including phenoxy) is 1. The first-order valence-electron chi connectivity index (χ1n) is 9.11. The van der Waals surface area contributed by atoms with Gasteiger partial charge in [0.15, 0.2) is 22.8 Å². The van der Waals surface area contributed by atoms with Crippen molar-refractivity contribution in [3.05, 3.63) is 48.5 Å². The van der Waals surface area contributed by atoms with Gasteiger partial charge in [0.1, 0.15) is 23.8 Å². The number of H-pyrrole nitrogens is 1. The number of alkyl halides is 3. The summed E-state index contributed by atoms with van der Waals surface area (Å²) in [6, 6.07) is 6.65. The molecule has 0 fully saturated rings. The third-order valence-electron chi connectivity index (χ3n) is 4.11. The van der Waals surface area contributed by atoms with Gasteiger partial charge < -0.3 is 20.4 Å². The van der Waals surface area contributed by atoms with Crippen LogP contribution >= 0.6 is 0 Å². The van der Waals surface area contributed by atoms with Crippen molar-refractivity contribution in [1.82, 2.24) is 29.9 Å². The number of fused-ring (bicyclic) bond motifs is 1. The highest BCUT2D eigenvalue weighted by Crippen LogP contribution is 2.30. The molecule has 164 valence electrons. The molecule has 1 amide bonds. The highest BCUT2D eigenvalue weighted by molar-refractivity contribution is 5.91. The van der Waals surface area contributed by atoms with Gasteiger partial charge in [0, 0.05) is 25.1 Å². The summed E-state index contributed by atoms with van der Waals surface area (Å²) in [5.41, 5.74) is 0.0607. The number of imidazole rings is 1. The average Bonchev–Trinajstić information content (AvgIpc) is 3.23. The molecule has 0 atom stereocenters. The topological polar surface area (TPSA) is 131 Å². The average molecular weight is 444 g/mol. The standard InChI is InChI=1S/C19H15F3N8O2/c1-32-8-14(31)28-13-7-10(5-6-23-13)26-18-15-17(25-9-24-15)29-16(30-18)11-3-2-4-12(27-11)19(20,21)22/h2-7,9H,8H2,1H3,(H3,23,24,25,26,28,29,30,31). The second-order valence-corrected chi connectivity index (χ2v) is 6.44. The lowest BCUT2D eigenvalue weighted by molar-refractivity contribution is -0.141. The zero-order chi connectivity index (χ0) is 22.7. The van der Waals surface area contributed by atoms with Crippen molar-refractivity contribution in [1.29, 1.82) is 0 Å². The van der Waals surface area contributed by atoms with E-state index in [1.54, 1.807) is 12.1 Å². The molecule has 0 saturated heterocycles. The van der Waals surface area contributed by atoms with Crippen LogP contribution in [0.1, 0.15) is 5.69 Å². The van der Waals surface area contributed by atoms with E-state index in [1.807, 2.05) is 0 Å². The number of rotatable bonds is 6. The predicted octanol–water partition coefficient (Wildman–Crippen LogP) is 3.16. The monoisotopic (exact) mass is 444 g/mol. The highest BCUT2D eigenvalue weighted by atomic mass is 19.4. The number of carbonyl (C=O) groups excluding carboxylic acids is 1. The third kappa shape index (κ3) is 4.62. The Morgan fingerprint density at radius 2 is 2.00 bits per heavy atom. The minimum absolute atomic E-state index is 0.0296. The van der Waals surface area contributed by atoms with Gasteiger partial charge in [-0.25, -0.2) is 24.9 Å². The third-order valence-corrected chi connectivity index (χ3v) is 4.11. The van der Waals surface area contributed by atoms with Gasteiger partial charge in [-0.1, -0.05) is 6.07 Å². The molecule has 0 spiro atoms. The Morgan fingerprint density at radius 3 is 2.78 bits per heavy atom. The molecule has 32 heavy (non-hydrogen) atoms. The summed E-state index contributed by atoms with van der Waals surface area (Å²) in [7, 11) is 1.39. The van der Waals surface area contributed by atoms with Crippen LogP contribution in [0, 0.1) is 0 Å². The van der Waals surface area contributed by atoms with Gasteiger partial charge >= 0.3 is 6.18 Å². The van der Waals surface area contributed by atoms with Crippen LogP contribution in [0.4, 0.5) is 30.5 Å². The molecule has 4 aromatic rings. The van der Waals surface area contributed by atoms with E-state index in [4.69, 9.17) is 4.74 Å². The normalized spacial score (nSPS) is 11.5. The number of methoxy groups -OCH3 is 1. The number of pyridine rings is 2. The van der Waals surface area contributed by atoms with Crippen LogP contribution in [0.25, 0.3) is 22.7 Å². The summed E-state index contributed by atoms with van der Waals surface area (Å²) >= 11 is 0. The molecule has 3 N–H and O–H groups in total. The molecule has 4 aromatic heterocycles. The number of aromatic nitrogens is 6. The van der Waals surface area contributed by atoms with E-state index in [0.29, 0.717) is 16.9 Å². The molecule has 10 nitrogen and oxygen atoms in total. The Balaban J connectivity index is 1.69. The first kappa shape index (κ1) is 21.1. The quantitative estimate of drug-likeness (QED) is 0.413. The number of amides is 1. The molecule has 0 unspecified atom stereocenters. The summed E-state index contributed by atoms with van der Waals surface area (Å²) in [4.78, 5) is 34.9. The maximum atomic E-state index is 13.1. The van der Waals surface area contributed by atoms with Crippen LogP contribution in [0.5, 0.6) is 0 Å². The first-order chi connectivity index (χ1) is 15.3. The van der Waals surface area contributed by atoms with Crippen LogP contribution in [0.3, 0.4) is 0 Å². The van der Waals surface area contributed by atoms with Crippen LogP contribution in [0.15, 0.2) is 42.9 Å². The summed E-state index contributed by atoms with van der Waals surface area (Å²) < 4.78 is 43.9. The van der Waals surface area contributed by atoms with E-state index in [1.165, 1.54) is 31.8 Å².